The summed E-state index contributed by atoms with van der Waals surface area (Å²) >= 11 is 0. The standard InChI is InChI=1S/C56H92O6/c1-4-7-10-13-16-19-22-25-27-28-30-31-34-37-40-43-46-49-55(58)61-52-53(51-60-54(57)48-45-42-39-36-33-24-21-18-15-12-9-6-3)62-56(59)50-47-44-41-38-35-32-29-26-23-20-17-14-11-8-5-2/h8,11,16-21,25-27,29-31,37,40,53H,4-7,9-10,12-15,22-24,28,32-36,38-39,41-52H2,1-3H3/b11-8-,19-16-,20-17-,21-18-,27-25-,29-26-,31-30-,40-37-/t53-/m1/s1. The zero-order chi connectivity index (χ0) is 45.1. The van der Waals surface area contributed by atoms with Crippen LogP contribution in [0, 0.1) is 0 Å². The van der Waals surface area contributed by atoms with Gasteiger partial charge in [-0.25, -0.2) is 0 Å². The van der Waals surface area contributed by atoms with E-state index in [-0.39, 0.29) is 37.5 Å². The molecule has 0 aliphatic carbocycles. The molecule has 0 aromatic heterocycles. The number of rotatable bonds is 44. The summed E-state index contributed by atoms with van der Waals surface area (Å²) < 4.78 is 16.7. The number of allylic oxidation sites excluding steroid dienone is 16. The van der Waals surface area contributed by atoms with Crippen LogP contribution >= 0.6 is 0 Å². The molecule has 0 aliphatic rings. The zero-order valence-electron chi connectivity index (χ0n) is 40.1. The van der Waals surface area contributed by atoms with Crippen LogP contribution < -0.4 is 0 Å². The number of carbonyl (C=O) groups is 3. The molecular weight excluding hydrogens is 769 g/mol. The Bertz CT molecular complexity index is 1260. The van der Waals surface area contributed by atoms with Gasteiger partial charge in [0.2, 0.25) is 0 Å². The van der Waals surface area contributed by atoms with Crippen LogP contribution in [-0.2, 0) is 28.6 Å². The van der Waals surface area contributed by atoms with Crippen LogP contribution in [0.4, 0.5) is 0 Å². The predicted molar refractivity (Wildman–Crippen MR) is 265 cm³/mol. The van der Waals surface area contributed by atoms with E-state index >= 15 is 0 Å². The fourth-order valence-corrected chi connectivity index (χ4v) is 6.50. The van der Waals surface area contributed by atoms with Crippen molar-refractivity contribution in [3.8, 4) is 0 Å². The summed E-state index contributed by atoms with van der Waals surface area (Å²) in [5.41, 5.74) is 0. The highest BCUT2D eigenvalue weighted by Gasteiger charge is 2.19. The lowest BCUT2D eigenvalue weighted by Crippen LogP contribution is -2.30. The van der Waals surface area contributed by atoms with E-state index in [1.165, 1.54) is 57.8 Å². The third kappa shape index (κ3) is 47.4. The first kappa shape index (κ1) is 58.3. The maximum Gasteiger partial charge on any atom is 0.306 e. The molecule has 1 atom stereocenters. The Balaban J connectivity index is 4.52. The first-order chi connectivity index (χ1) is 30.5. The van der Waals surface area contributed by atoms with Gasteiger partial charge < -0.3 is 14.2 Å². The van der Waals surface area contributed by atoms with Gasteiger partial charge in [-0.15, -0.1) is 0 Å². The highest BCUT2D eigenvalue weighted by atomic mass is 16.6. The Morgan fingerprint density at radius 3 is 1.06 bits per heavy atom. The monoisotopic (exact) mass is 861 g/mol. The Kier molecular flexibility index (Phi) is 47.0. The minimum atomic E-state index is -0.812. The van der Waals surface area contributed by atoms with Gasteiger partial charge in [0.1, 0.15) is 13.2 Å². The topological polar surface area (TPSA) is 78.9 Å². The molecular formula is C56H92O6. The summed E-state index contributed by atoms with van der Waals surface area (Å²) in [6.45, 7) is 6.39. The van der Waals surface area contributed by atoms with Gasteiger partial charge in [-0.2, -0.15) is 0 Å². The molecule has 0 spiro atoms. The molecule has 0 aromatic carbocycles. The molecule has 0 rings (SSSR count). The number of hydrogen-bond acceptors (Lipinski definition) is 6. The van der Waals surface area contributed by atoms with Crippen LogP contribution in [0.2, 0.25) is 0 Å². The third-order valence-corrected chi connectivity index (χ3v) is 10.3. The minimum Gasteiger partial charge on any atom is -0.462 e. The van der Waals surface area contributed by atoms with Gasteiger partial charge in [-0.3, -0.25) is 14.4 Å². The van der Waals surface area contributed by atoms with Crippen molar-refractivity contribution in [2.75, 3.05) is 13.2 Å². The Hall–Kier alpha value is -3.67. The van der Waals surface area contributed by atoms with E-state index in [9.17, 15) is 14.4 Å². The largest absolute Gasteiger partial charge is 0.462 e. The summed E-state index contributed by atoms with van der Waals surface area (Å²) in [6.07, 6.45) is 65.3. The van der Waals surface area contributed by atoms with Gasteiger partial charge >= 0.3 is 17.9 Å². The number of hydrogen-bond donors (Lipinski definition) is 0. The number of unbranched alkanes of at least 4 members (excludes halogenated alkanes) is 17. The first-order valence-electron chi connectivity index (χ1n) is 25.2. The van der Waals surface area contributed by atoms with Crippen molar-refractivity contribution in [3.05, 3.63) is 97.2 Å². The fraction of sp³-hybridized carbons (Fsp3) is 0.661. The molecule has 0 unspecified atom stereocenters. The molecule has 0 bridgehead atoms. The summed E-state index contributed by atoms with van der Waals surface area (Å²) in [7, 11) is 0. The number of ether oxygens (including phenoxy) is 3. The lowest BCUT2D eigenvalue weighted by molar-refractivity contribution is -0.167. The van der Waals surface area contributed by atoms with Crippen molar-refractivity contribution in [1.82, 2.24) is 0 Å². The van der Waals surface area contributed by atoms with Crippen molar-refractivity contribution < 1.29 is 28.6 Å². The molecule has 0 amide bonds. The zero-order valence-corrected chi connectivity index (χ0v) is 40.1. The second-order valence-electron chi connectivity index (χ2n) is 16.3. The third-order valence-electron chi connectivity index (χ3n) is 10.3. The molecule has 0 aliphatic heterocycles. The van der Waals surface area contributed by atoms with Gasteiger partial charge in [0.25, 0.3) is 0 Å². The summed E-state index contributed by atoms with van der Waals surface area (Å²) in [4.78, 5) is 37.9. The molecule has 0 N–H and O–H groups in total. The summed E-state index contributed by atoms with van der Waals surface area (Å²) in [5.74, 6) is -0.997. The Morgan fingerprint density at radius 2 is 0.645 bits per heavy atom. The van der Waals surface area contributed by atoms with Gasteiger partial charge in [0.05, 0.1) is 0 Å². The highest BCUT2D eigenvalue weighted by Crippen LogP contribution is 2.12. The SMILES string of the molecule is CC/C=C\C/C=C\C/C=C\CCCCCCCC(=O)O[C@@H](COC(=O)CCC/C=C\C/C=C\C/C=C\C/C=C\CCCCC)COC(=O)CCCCCCC/C=C\CCCCC. The van der Waals surface area contributed by atoms with Gasteiger partial charge in [0.15, 0.2) is 6.10 Å². The van der Waals surface area contributed by atoms with Crippen molar-refractivity contribution in [1.29, 1.82) is 0 Å². The van der Waals surface area contributed by atoms with Crippen LogP contribution in [0.25, 0.3) is 0 Å². The van der Waals surface area contributed by atoms with Crippen LogP contribution in [0.5, 0.6) is 0 Å². The molecule has 0 radical (unpaired) electrons. The first-order valence-corrected chi connectivity index (χ1v) is 25.2. The van der Waals surface area contributed by atoms with Gasteiger partial charge in [-0.1, -0.05) is 182 Å². The van der Waals surface area contributed by atoms with E-state index in [4.69, 9.17) is 14.2 Å². The van der Waals surface area contributed by atoms with E-state index in [2.05, 4.69) is 118 Å². The van der Waals surface area contributed by atoms with Gasteiger partial charge in [-0.05, 0) is 116 Å². The van der Waals surface area contributed by atoms with E-state index in [1.807, 2.05) is 0 Å². The number of carbonyl (C=O) groups excluding carboxylic acids is 3. The Labute approximate surface area is 381 Å². The lowest BCUT2D eigenvalue weighted by Gasteiger charge is -2.18. The van der Waals surface area contributed by atoms with Crippen LogP contribution in [0.3, 0.4) is 0 Å². The molecule has 0 saturated carbocycles. The summed E-state index contributed by atoms with van der Waals surface area (Å²) in [6, 6.07) is 0. The van der Waals surface area contributed by atoms with Crippen LogP contribution in [0.15, 0.2) is 97.2 Å². The summed E-state index contributed by atoms with van der Waals surface area (Å²) in [5, 5.41) is 0. The molecule has 0 heterocycles. The van der Waals surface area contributed by atoms with Crippen molar-refractivity contribution in [3.63, 3.8) is 0 Å². The smallest absolute Gasteiger partial charge is 0.306 e. The van der Waals surface area contributed by atoms with Gasteiger partial charge in [0, 0.05) is 19.3 Å². The van der Waals surface area contributed by atoms with Crippen LogP contribution in [0.1, 0.15) is 220 Å². The molecule has 0 fully saturated rings. The van der Waals surface area contributed by atoms with E-state index in [0.29, 0.717) is 19.3 Å². The lowest BCUT2D eigenvalue weighted by atomic mass is 10.1. The van der Waals surface area contributed by atoms with E-state index in [1.54, 1.807) is 0 Å². The van der Waals surface area contributed by atoms with Crippen LogP contribution in [-0.4, -0.2) is 37.2 Å². The normalized spacial score (nSPS) is 12.9. The molecule has 62 heavy (non-hydrogen) atoms. The average Bonchev–Trinajstić information content (AvgIpc) is 3.27. The van der Waals surface area contributed by atoms with Crippen molar-refractivity contribution >= 4 is 17.9 Å². The molecule has 0 saturated heterocycles. The van der Waals surface area contributed by atoms with E-state index < -0.39 is 6.10 Å². The fourth-order valence-electron chi connectivity index (χ4n) is 6.50. The highest BCUT2D eigenvalue weighted by molar-refractivity contribution is 5.71. The Morgan fingerprint density at radius 1 is 0.339 bits per heavy atom. The van der Waals surface area contributed by atoms with Crippen molar-refractivity contribution in [2.24, 2.45) is 0 Å². The van der Waals surface area contributed by atoms with Crippen molar-refractivity contribution in [2.45, 2.75) is 226 Å². The minimum absolute atomic E-state index is 0.107. The van der Waals surface area contributed by atoms with E-state index in [0.717, 1.165) is 116 Å². The average molecular weight is 861 g/mol. The molecule has 0 aromatic rings. The quantitative estimate of drug-likeness (QED) is 0.0263. The molecule has 6 nitrogen and oxygen atoms in total. The maximum atomic E-state index is 12.8. The maximum absolute atomic E-state index is 12.8. The second-order valence-corrected chi connectivity index (χ2v) is 16.3. The number of esters is 3. The second kappa shape index (κ2) is 50.0. The molecule has 352 valence electrons. The molecule has 6 heteroatoms. The predicted octanol–water partition coefficient (Wildman–Crippen LogP) is 16.6.